The molecule has 0 aliphatic rings. The first-order valence-corrected chi connectivity index (χ1v) is 6.69. The summed E-state index contributed by atoms with van der Waals surface area (Å²) in [7, 11) is 0. The van der Waals surface area contributed by atoms with E-state index in [1.807, 2.05) is 38.1 Å². The Morgan fingerprint density at radius 3 is 2.71 bits per heavy atom. The Hall–Kier alpha value is -2.38. The SMILES string of the molecule is Cc1cc([C@@H](C)N)ccc1OCc1cccc(C#N)c1F. The van der Waals surface area contributed by atoms with Crippen molar-refractivity contribution in [2.45, 2.75) is 26.5 Å². The molecule has 0 fully saturated rings. The molecule has 108 valence electrons. The van der Waals surface area contributed by atoms with Gasteiger partial charge in [0.05, 0.1) is 5.56 Å². The lowest BCUT2D eigenvalue weighted by molar-refractivity contribution is 0.297. The number of aryl methyl sites for hydroxylation is 1. The van der Waals surface area contributed by atoms with Gasteiger partial charge in [0.1, 0.15) is 24.2 Å². The molecular formula is C17H17FN2O. The van der Waals surface area contributed by atoms with E-state index in [-0.39, 0.29) is 18.2 Å². The van der Waals surface area contributed by atoms with E-state index in [4.69, 9.17) is 15.7 Å². The van der Waals surface area contributed by atoms with E-state index >= 15 is 0 Å². The number of nitrogens with zero attached hydrogens (tertiary/aromatic N) is 1. The van der Waals surface area contributed by atoms with E-state index in [9.17, 15) is 4.39 Å². The number of nitrogens with two attached hydrogens (primary N) is 1. The molecule has 2 rings (SSSR count). The summed E-state index contributed by atoms with van der Waals surface area (Å²) < 4.78 is 19.6. The highest BCUT2D eigenvalue weighted by molar-refractivity contribution is 5.38. The number of hydrogen-bond acceptors (Lipinski definition) is 3. The molecule has 0 aliphatic heterocycles. The first-order chi connectivity index (χ1) is 10.0. The molecule has 0 aliphatic carbocycles. The van der Waals surface area contributed by atoms with Crippen LogP contribution in [0.5, 0.6) is 5.75 Å². The van der Waals surface area contributed by atoms with Crippen molar-refractivity contribution < 1.29 is 9.13 Å². The van der Waals surface area contributed by atoms with Crippen molar-refractivity contribution >= 4 is 0 Å². The molecule has 0 radical (unpaired) electrons. The molecule has 0 saturated heterocycles. The predicted octanol–water partition coefficient (Wildman–Crippen LogP) is 3.60. The molecule has 2 aromatic rings. The van der Waals surface area contributed by atoms with Gasteiger partial charge >= 0.3 is 0 Å². The van der Waals surface area contributed by atoms with E-state index in [0.29, 0.717) is 11.3 Å². The van der Waals surface area contributed by atoms with Crippen LogP contribution in [0.3, 0.4) is 0 Å². The summed E-state index contributed by atoms with van der Waals surface area (Å²) in [6, 6.07) is 12.2. The van der Waals surface area contributed by atoms with Gasteiger partial charge in [-0.1, -0.05) is 24.3 Å². The Morgan fingerprint density at radius 1 is 1.33 bits per heavy atom. The number of halogens is 1. The first-order valence-electron chi connectivity index (χ1n) is 6.69. The van der Waals surface area contributed by atoms with Crippen LogP contribution in [0.2, 0.25) is 0 Å². The maximum absolute atomic E-state index is 13.9. The van der Waals surface area contributed by atoms with Crippen molar-refractivity contribution in [2.24, 2.45) is 5.73 Å². The van der Waals surface area contributed by atoms with Gasteiger partial charge in [-0.25, -0.2) is 4.39 Å². The fourth-order valence-corrected chi connectivity index (χ4v) is 2.05. The number of hydrogen-bond donors (Lipinski definition) is 1. The predicted molar refractivity (Wildman–Crippen MR) is 79.2 cm³/mol. The molecule has 21 heavy (non-hydrogen) atoms. The van der Waals surface area contributed by atoms with Gasteiger partial charge < -0.3 is 10.5 Å². The molecule has 2 N–H and O–H groups in total. The summed E-state index contributed by atoms with van der Waals surface area (Å²) in [4.78, 5) is 0. The minimum atomic E-state index is -0.523. The standard InChI is InChI=1S/C17H17FN2O/c1-11-8-13(12(2)20)6-7-16(11)21-10-15-5-3-4-14(9-19)17(15)18/h3-8,12H,10,20H2,1-2H3/t12-/m1/s1. The Labute approximate surface area is 123 Å². The second-order valence-electron chi connectivity index (χ2n) is 4.99. The molecule has 0 spiro atoms. The van der Waals surface area contributed by atoms with Crippen LogP contribution in [0.1, 0.15) is 35.2 Å². The van der Waals surface area contributed by atoms with Crippen LogP contribution in [0.4, 0.5) is 4.39 Å². The van der Waals surface area contributed by atoms with Crippen LogP contribution in [0.25, 0.3) is 0 Å². The van der Waals surface area contributed by atoms with Gasteiger partial charge in [0.2, 0.25) is 0 Å². The van der Waals surface area contributed by atoms with E-state index in [2.05, 4.69) is 0 Å². The van der Waals surface area contributed by atoms with E-state index in [0.717, 1.165) is 11.1 Å². The average molecular weight is 284 g/mol. The number of benzene rings is 2. The molecule has 0 unspecified atom stereocenters. The molecule has 0 amide bonds. The minimum absolute atomic E-state index is 0.0279. The molecule has 3 nitrogen and oxygen atoms in total. The zero-order valence-electron chi connectivity index (χ0n) is 12.1. The summed E-state index contributed by atoms with van der Waals surface area (Å²) in [6.45, 7) is 3.92. The number of ether oxygens (including phenoxy) is 1. The Kier molecular flexibility index (Phi) is 4.56. The quantitative estimate of drug-likeness (QED) is 0.933. The van der Waals surface area contributed by atoms with Gasteiger partial charge in [0.25, 0.3) is 0 Å². The zero-order valence-corrected chi connectivity index (χ0v) is 12.1. The van der Waals surface area contributed by atoms with Gasteiger partial charge in [-0.2, -0.15) is 5.26 Å². The Bertz CT molecular complexity index is 690. The third-order valence-electron chi connectivity index (χ3n) is 3.31. The van der Waals surface area contributed by atoms with Crippen molar-refractivity contribution in [1.82, 2.24) is 0 Å². The van der Waals surface area contributed by atoms with Crippen molar-refractivity contribution in [3.8, 4) is 11.8 Å². The summed E-state index contributed by atoms with van der Waals surface area (Å²) in [6.07, 6.45) is 0. The van der Waals surface area contributed by atoms with Gasteiger partial charge in [0, 0.05) is 11.6 Å². The highest BCUT2D eigenvalue weighted by Gasteiger charge is 2.09. The molecule has 0 bridgehead atoms. The van der Waals surface area contributed by atoms with E-state index in [1.54, 1.807) is 12.1 Å². The van der Waals surface area contributed by atoms with E-state index in [1.165, 1.54) is 6.07 Å². The molecule has 0 heterocycles. The number of rotatable bonds is 4. The fourth-order valence-electron chi connectivity index (χ4n) is 2.05. The monoisotopic (exact) mass is 284 g/mol. The lowest BCUT2D eigenvalue weighted by Gasteiger charge is -2.13. The second-order valence-corrected chi connectivity index (χ2v) is 4.99. The molecule has 4 heteroatoms. The van der Waals surface area contributed by atoms with Crippen LogP contribution in [0.15, 0.2) is 36.4 Å². The molecule has 2 aromatic carbocycles. The summed E-state index contributed by atoms with van der Waals surface area (Å²) in [5.74, 6) is 0.158. The van der Waals surface area contributed by atoms with Gasteiger partial charge in [-0.15, -0.1) is 0 Å². The summed E-state index contributed by atoms with van der Waals surface area (Å²) in [5.41, 5.74) is 8.19. The average Bonchev–Trinajstić information content (AvgIpc) is 2.47. The maximum Gasteiger partial charge on any atom is 0.147 e. The fraction of sp³-hybridized carbons (Fsp3) is 0.235. The van der Waals surface area contributed by atoms with Crippen molar-refractivity contribution in [3.05, 3.63) is 64.5 Å². The maximum atomic E-state index is 13.9. The summed E-state index contributed by atoms with van der Waals surface area (Å²) >= 11 is 0. The van der Waals surface area contributed by atoms with E-state index < -0.39 is 5.82 Å². The van der Waals surface area contributed by atoms with Crippen molar-refractivity contribution in [2.75, 3.05) is 0 Å². The zero-order chi connectivity index (χ0) is 15.4. The second kappa shape index (κ2) is 6.38. The third kappa shape index (κ3) is 3.39. The van der Waals surface area contributed by atoms with Crippen LogP contribution >= 0.6 is 0 Å². The third-order valence-corrected chi connectivity index (χ3v) is 3.31. The molecule has 0 aromatic heterocycles. The van der Waals surface area contributed by atoms with Crippen molar-refractivity contribution in [1.29, 1.82) is 5.26 Å². The van der Waals surface area contributed by atoms with Crippen LogP contribution in [-0.4, -0.2) is 0 Å². The van der Waals surface area contributed by atoms with Crippen LogP contribution in [-0.2, 0) is 6.61 Å². The summed E-state index contributed by atoms with van der Waals surface area (Å²) in [5, 5.41) is 8.81. The van der Waals surface area contributed by atoms with Crippen molar-refractivity contribution in [3.63, 3.8) is 0 Å². The Balaban J connectivity index is 2.16. The minimum Gasteiger partial charge on any atom is -0.489 e. The van der Waals surface area contributed by atoms with Gasteiger partial charge in [0.15, 0.2) is 0 Å². The highest BCUT2D eigenvalue weighted by Crippen LogP contribution is 2.23. The lowest BCUT2D eigenvalue weighted by atomic mass is 10.1. The highest BCUT2D eigenvalue weighted by atomic mass is 19.1. The van der Waals surface area contributed by atoms with Crippen LogP contribution < -0.4 is 10.5 Å². The largest absolute Gasteiger partial charge is 0.489 e. The first kappa shape index (κ1) is 15.0. The number of nitriles is 1. The molecular weight excluding hydrogens is 267 g/mol. The van der Waals surface area contributed by atoms with Crippen LogP contribution in [0, 0.1) is 24.1 Å². The molecule has 1 atom stereocenters. The topological polar surface area (TPSA) is 59.0 Å². The normalized spacial score (nSPS) is 11.8. The smallest absolute Gasteiger partial charge is 0.147 e. The Morgan fingerprint density at radius 2 is 2.10 bits per heavy atom. The lowest BCUT2D eigenvalue weighted by Crippen LogP contribution is -2.06. The van der Waals surface area contributed by atoms with Gasteiger partial charge in [-0.3, -0.25) is 0 Å². The van der Waals surface area contributed by atoms with Gasteiger partial charge in [-0.05, 0) is 37.1 Å². The molecule has 0 saturated carbocycles.